The molecule has 9 heteroatoms. The van der Waals surface area contributed by atoms with E-state index >= 15 is 0 Å². The first-order valence-corrected chi connectivity index (χ1v) is 9.81. The lowest BCUT2D eigenvalue weighted by atomic mass is 10.2. The normalized spacial score (nSPS) is 16.8. The van der Waals surface area contributed by atoms with Gasteiger partial charge in [0.25, 0.3) is 11.8 Å². The molecule has 2 amide bonds. The molecule has 0 saturated carbocycles. The Kier molecular flexibility index (Phi) is 4.56. The minimum Gasteiger partial charge on any atom is -0.459 e. The first kappa shape index (κ1) is 16.9. The number of hydrogen-bond acceptors (Lipinski definition) is 7. The van der Waals surface area contributed by atoms with E-state index < -0.39 is 0 Å². The molecule has 7 nitrogen and oxygen atoms in total. The van der Waals surface area contributed by atoms with Gasteiger partial charge in [-0.2, -0.15) is 0 Å². The van der Waals surface area contributed by atoms with Crippen LogP contribution in [0.4, 0.5) is 5.13 Å². The molecule has 3 aromatic rings. The standard InChI is InChI=1S/C17H16N4O3S2/c1-10-19-20-17(25-10)18-15(22)14-7-6-13(26-14)11-4-2-8-21(11)16(23)12-5-3-9-24-12/h3,5-7,9,11H,2,4,8H2,1H3,(H,18,20,22). The van der Waals surface area contributed by atoms with Crippen molar-refractivity contribution < 1.29 is 14.0 Å². The quantitative estimate of drug-likeness (QED) is 0.736. The predicted molar refractivity (Wildman–Crippen MR) is 98.6 cm³/mol. The lowest BCUT2D eigenvalue weighted by Gasteiger charge is -2.22. The molecule has 0 aliphatic carbocycles. The molecular formula is C17H16N4O3S2. The number of likely N-dealkylation sites (tertiary alicyclic amines) is 1. The van der Waals surface area contributed by atoms with Gasteiger partial charge >= 0.3 is 0 Å². The zero-order valence-corrected chi connectivity index (χ0v) is 15.6. The van der Waals surface area contributed by atoms with E-state index in [1.807, 2.05) is 17.9 Å². The van der Waals surface area contributed by atoms with E-state index in [0.717, 1.165) is 22.7 Å². The Balaban J connectivity index is 1.49. The van der Waals surface area contributed by atoms with Crippen molar-refractivity contribution in [2.75, 3.05) is 11.9 Å². The fourth-order valence-corrected chi connectivity index (χ4v) is 4.64. The highest BCUT2D eigenvalue weighted by atomic mass is 32.1. The molecule has 1 N–H and O–H groups in total. The SMILES string of the molecule is Cc1nnc(NC(=O)c2ccc(C3CCCN3C(=O)c3ccco3)s2)s1. The largest absolute Gasteiger partial charge is 0.459 e. The van der Waals surface area contributed by atoms with Crippen LogP contribution in [0.3, 0.4) is 0 Å². The van der Waals surface area contributed by atoms with Gasteiger partial charge in [-0.15, -0.1) is 21.5 Å². The molecule has 0 aromatic carbocycles. The Morgan fingerprint density at radius 3 is 2.88 bits per heavy atom. The number of carbonyl (C=O) groups is 2. The summed E-state index contributed by atoms with van der Waals surface area (Å²) in [6.07, 6.45) is 3.31. The molecule has 1 fully saturated rings. The van der Waals surface area contributed by atoms with Gasteiger partial charge in [-0.1, -0.05) is 11.3 Å². The van der Waals surface area contributed by atoms with Gasteiger partial charge in [0.2, 0.25) is 5.13 Å². The summed E-state index contributed by atoms with van der Waals surface area (Å²) in [6, 6.07) is 7.07. The van der Waals surface area contributed by atoms with Crippen molar-refractivity contribution in [1.29, 1.82) is 0 Å². The lowest BCUT2D eigenvalue weighted by molar-refractivity contribution is 0.0705. The van der Waals surface area contributed by atoms with Crippen LogP contribution in [-0.2, 0) is 0 Å². The Hall–Kier alpha value is -2.52. The molecule has 0 radical (unpaired) electrons. The van der Waals surface area contributed by atoms with Crippen molar-refractivity contribution in [1.82, 2.24) is 15.1 Å². The van der Waals surface area contributed by atoms with Crippen LogP contribution >= 0.6 is 22.7 Å². The highest BCUT2D eigenvalue weighted by Gasteiger charge is 2.33. The number of anilines is 1. The third-order valence-corrected chi connectivity index (χ3v) is 6.11. The average Bonchev–Trinajstić information content (AvgIpc) is 3.40. The molecule has 3 aromatic heterocycles. The van der Waals surface area contributed by atoms with Gasteiger partial charge < -0.3 is 9.32 Å². The topological polar surface area (TPSA) is 88.3 Å². The van der Waals surface area contributed by atoms with Crippen molar-refractivity contribution in [3.8, 4) is 0 Å². The summed E-state index contributed by atoms with van der Waals surface area (Å²) >= 11 is 2.74. The number of aromatic nitrogens is 2. The van der Waals surface area contributed by atoms with Gasteiger partial charge in [0, 0.05) is 11.4 Å². The molecule has 1 aliphatic heterocycles. The van der Waals surface area contributed by atoms with E-state index in [2.05, 4.69) is 15.5 Å². The van der Waals surface area contributed by atoms with E-state index in [-0.39, 0.29) is 17.9 Å². The second kappa shape index (κ2) is 7.00. The zero-order valence-electron chi connectivity index (χ0n) is 14.0. The fourth-order valence-electron chi connectivity index (χ4n) is 3.01. The van der Waals surface area contributed by atoms with Crippen molar-refractivity contribution >= 4 is 39.6 Å². The molecule has 1 unspecified atom stereocenters. The number of nitrogens with one attached hydrogen (secondary N) is 1. The third kappa shape index (κ3) is 3.27. The fraction of sp³-hybridized carbons (Fsp3) is 0.294. The van der Waals surface area contributed by atoms with Gasteiger partial charge in [0.15, 0.2) is 5.76 Å². The van der Waals surface area contributed by atoms with E-state index in [1.54, 1.807) is 18.2 Å². The Morgan fingerprint density at radius 1 is 1.27 bits per heavy atom. The summed E-state index contributed by atoms with van der Waals surface area (Å²) in [4.78, 5) is 28.4. The van der Waals surface area contributed by atoms with Crippen LogP contribution in [-0.4, -0.2) is 33.5 Å². The highest BCUT2D eigenvalue weighted by Crippen LogP contribution is 2.37. The van der Waals surface area contributed by atoms with Crippen LogP contribution in [0.15, 0.2) is 34.9 Å². The molecule has 26 heavy (non-hydrogen) atoms. The highest BCUT2D eigenvalue weighted by molar-refractivity contribution is 7.16. The molecule has 4 rings (SSSR count). The number of aryl methyl sites for hydroxylation is 1. The van der Waals surface area contributed by atoms with Crippen LogP contribution < -0.4 is 5.32 Å². The summed E-state index contributed by atoms with van der Waals surface area (Å²) in [5.74, 6) is 0.0265. The molecule has 134 valence electrons. The first-order valence-electron chi connectivity index (χ1n) is 8.17. The second-order valence-electron chi connectivity index (χ2n) is 5.92. The number of amides is 2. The van der Waals surface area contributed by atoms with Crippen LogP contribution in [0, 0.1) is 6.92 Å². The molecule has 1 aliphatic rings. The van der Waals surface area contributed by atoms with E-state index in [1.165, 1.54) is 28.9 Å². The molecule has 0 spiro atoms. The summed E-state index contributed by atoms with van der Waals surface area (Å²) in [7, 11) is 0. The minimum absolute atomic E-state index is 0.0251. The average molecular weight is 388 g/mol. The Bertz CT molecular complexity index is 932. The van der Waals surface area contributed by atoms with Crippen LogP contribution in [0.2, 0.25) is 0 Å². The van der Waals surface area contributed by atoms with E-state index in [9.17, 15) is 9.59 Å². The summed E-state index contributed by atoms with van der Waals surface area (Å²) in [5, 5.41) is 11.8. The van der Waals surface area contributed by atoms with Crippen LogP contribution in [0.5, 0.6) is 0 Å². The maximum atomic E-state index is 12.6. The smallest absolute Gasteiger partial charge is 0.290 e. The number of rotatable bonds is 4. The number of furan rings is 1. The van der Waals surface area contributed by atoms with E-state index in [4.69, 9.17) is 4.42 Å². The molecule has 0 bridgehead atoms. The second-order valence-corrected chi connectivity index (χ2v) is 8.21. The zero-order chi connectivity index (χ0) is 18.1. The van der Waals surface area contributed by atoms with Gasteiger partial charge in [-0.05, 0) is 44.0 Å². The molecule has 1 saturated heterocycles. The first-order chi connectivity index (χ1) is 12.6. The molecule has 1 atom stereocenters. The summed E-state index contributed by atoms with van der Waals surface area (Å²) in [5.41, 5.74) is 0. The number of thiophene rings is 1. The van der Waals surface area contributed by atoms with Gasteiger partial charge in [-0.25, -0.2) is 0 Å². The lowest BCUT2D eigenvalue weighted by Crippen LogP contribution is -2.29. The molecule has 4 heterocycles. The van der Waals surface area contributed by atoms with Gasteiger partial charge in [0.1, 0.15) is 5.01 Å². The van der Waals surface area contributed by atoms with Crippen molar-refractivity contribution in [2.45, 2.75) is 25.8 Å². The Morgan fingerprint density at radius 2 is 2.15 bits per heavy atom. The number of carbonyl (C=O) groups excluding carboxylic acids is 2. The van der Waals surface area contributed by atoms with Gasteiger partial charge in [-0.3, -0.25) is 14.9 Å². The number of hydrogen-bond donors (Lipinski definition) is 1. The monoisotopic (exact) mass is 388 g/mol. The van der Waals surface area contributed by atoms with Crippen LogP contribution in [0.1, 0.15) is 49.0 Å². The summed E-state index contributed by atoms with van der Waals surface area (Å²) < 4.78 is 5.24. The van der Waals surface area contributed by atoms with Crippen molar-refractivity contribution in [3.05, 3.63) is 51.1 Å². The van der Waals surface area contributed by atoms with Crippen molar-refractivity contribution in [3.63, 3.8) is 0 Å². The Labute approximate surface area is 157 Å². The minimum atomic E-state index is -0.209. The third-order valence-electron chi connectivity index (χ3n) is 4.17. The maximum absolute atomic E-state index is 12.6. The van der Waals surface area contributed by atoms with Crippen molar-refractivity contribution in [2.24, 2.45) is 0 Å². The van der Waals surface area contributed by atoms with Crippen LogP contribution in [0.25, 0.3) is 0 Å². The number of nitrogens with zero attached hydrogens (tertiary/aromatic N) is 3. The molecular weight excluding hydrogens is 372 g/mol. The van der Waals surface area contributed by atoms with E-state index in [0.29, 0.717) is 22.3 Å². The van der Waals surface area contributed by atoms with Gasteiger partial charge in [0.05, 0.1) is 17.2 Å². The predicted octanol–water partition coefficient (Wildman–Crippen LogP) is 3.73. The summed E-state index contributed by atoms with van der Waals surface area (Å²) in [6.45, 7) is 2.52. The maximum Gasteiger partial charge on any atom is 0.290 e.